The molecule has 1 aromatic carbocycles. The van der Waals surface area contributed by atoms with E-state index in [4.69, 9.17) is 16.7 Å². The third-order valence-corrected chi connectivity index (χ3v) is 6.74. The number of ether oxygens (including phenoxy) is 1. The van der Waals surface area contributed by atoms with E-state index in [0.717, 1.165) is 12.4 Å². The molecule has 4 rings (SSSR count). The molecule has 0 bridgehead atoms. The van der Waals surface area contributed by atoms with Gasteiger partial charge in [0.05, 0.1) is 35.9 Å². The first-order valence-corrected chi connectivity index (χ1v) is 13.3. The van der Waals surface area contributed by atoms with Crippen molar-refractivity contribution in [2.24, 2.45) is 11.1 Å². The van der Waals surface area contributed by atoms with Crippen molar-refractivity contribution >= 4 is 33.5 Å². The fourth-order valence-electron chi connectivity index (χ4n) is 4.15. The van der Waals surface area contributed by atoms with Crippen molar-refractivity contribution in [1.29, 1.82) is 0 Å². The van der Waals surface area contributed by atoms with Gasteiger partial charge in [-0.1, -0.05) is 17.7 Å². The van der Waals surface area contributed by atoms with Gasteiger partial charge >= 0.3 is 16.7 Å². The van der Waals surface area contributed by atoms with E-state index in [9.17, 15) is 36.6 Å². The summed E-state index contributed by atoms with van der Waals surface area (Å²) in [6.07, 6.45) is -3.75. The van der Waals surface area contributed by atoms with E-state index in [1.165, 1.54) is 35.3 Å². The van der Waals surface area contributed by atoms with Gasteiger partial charge in [-0.3, -0.25) is 13.7 Å². The van der Waals surface area contributed by atoms with Crippen molar-refractivity contribution in [2.75, 3.05) is 11.9 Å². The molecule has 1 fully saturated rings. The Morgan fingerprint density at radius 1 is 1.25 bits per heavy atom. The normalized spacial score (nSPS) is 21.4. The van der Waals surface area contributed by atoms with Crippen LogP contribution in [0.25, 0.3) is 0 Å². The summed E-state index contributed by atoms with van der Waals surface area (Å²) in [6.45, 7) is -0.469. The van der Waals surface area contributed by atoms with Crippen LogP contribution in [0.15, 0.2) is 43.0 Å². The summed E-state index contributed by atoms with van der Waals surface area (Å²) >= 11 is 5.78. The summed E-state index contributed by atoms with van der Waals surface area (Å²) in [5.41, 5.74) is 0.307. The molecule has 0 amide bonds. The zero-order chi connectivity index (χ0) is 29.2. The summed E-state index contributed by atoms with van der Waals surface area (Å²) in [6, 6.07) is 4.38. The van der Waals surface area contributed by atoms with Crippen molar-refractivity contribution in [3.63, 3.8) is 0 Å². The number of rotatable bonds is 10. The van der Waals surface area contributed by atoms with Gasteiger partial charge in [0.15, 0.2) is 0 Å². The summed E-state index contributed by atoms with van der Waals surface area (Å²) in [7, 11) is -4.25. The number of carbonyl (C=O) groups is 1. The lowest BCUT2D eigenvalue weighted by atomic mass is 10.1. The number of anilines is 1. The van der Waals surface area contributed by atoms with E-state index >= 15 is 0 Å². The van der Waals surface area contributed by atoms with Gasteiger partial charge in [-0.15, -0.1) is 13.2 Å². The first-order chi connectivity index (χ1) is 18.7. The molecule has 0 radical (unpaired) electrons. The van der Waals surface area contributed by atoms with Crippen LogP contribution in [0.4, 0.5) is 19.0 Å². The van der Waals surface area contributed by atoms with Crippen molar-refractivity contribution in [3.8, 4) is 5.75 Å². The highest BCUT2D eigenvalue weighted by Gasteiger charge is 2.42. The fraction of sp³-hybridized carbons (Fsp3) is 0.364. The molecule has 216 valence electrons. The number of ketones is 1. The molecule has 1 aliphatic rings. The highest BCUT2D eigenvalue weighted by atomic mass is 35.5. The molecular formula is C22H22ClF3N6O7S. The molecule has 0 saturated heterocycles. The molecule has 0 aliphatic heterocycles. The van der Waals surface area contributed by atoms with E-state index in [1.54, 1.807) is 0 Å². The first kappa shape index (κ1) is 29.6. The lowest BCUT2D eigenvalue weighted by Crippen LogP contribution is -2.36. The number of halogens is 4. The molecular weight excluding hydrogens is 585 g/mol. The number of nitrogens with zero attached hydrogens (tertiary/aromatic N) is 4. The van der Waals surface area contributed by atoms with E-state index in [0.29, 0.717) is 5.56 Å². The van der Waals surface area contributed by atoms with Crippen molar-refractivity contribution in [1.82, 2.24) is 19.7 Å². The first-order valence-electron chi connectivity index (χ1n) is 11.4. The highest BCUT2D eigenvalue weighted by molar-refractivity contribution is 7.84. The van der Waals surface area contributed by atoms with Gasteiger partial charge in [0.25, 0.3) is 0 Å². The maximum atomic E-state index is 13.2. The maximum absolute atomic E-state index is 13.2. The van der Waals surface area contributed by atoms with Gasteiger partial charge in [0.2, 0.25) is 5.78 Å². The smallest absolute Gasteiger partial charge is 0.404 e. The van der Waals surface area contributed by atoms with Crippen LogP contribution >= 0.6 is 11.6 Å². The summed E-state index contributed by atoms with van der Waals surface area (Å²) in [5.74, 6) is -1.95. The second-order valence-corrected chi connectivity index (χ2v) is 10.5. The Balaban J connectivity index is 1.47. The van der Waals surface area contributed by atoms with Crippen LogP contribution in [0.1, 0.15) is 28.0 Å². The van der Waals surface area contributed by atoms with Crippen LogP contribution in [0.2, 0.25) is 5.02 Å². The molecule has 5 N–H and O–H groups in total. The number of alkyl halides is 3. The van der Waals surface area contributed by atoms with Gasteiger partial charge < -0.3 is 20.3 Å². The van der Waals surface area contributed by atoms with Crippen molar-refractivity contribution in [3.05, 3.63) is 64.8 Å². The molecule has 40 heavy (non-hydrogen) atoms. The average molecular weight is 607 g/mol. The highest BCUT2D eigenvalue weighted by Crippen LogP contribution is 2.32. The van der Waals surface area contributed by atoms with Gasteiger partial charge in [-0.05, 0) is 30.2 Å². The minimum atomic E-state index is -4.93. The molecule has 2 aromatic heterocycles. The van der Waals surface area contributed by atoms with Crippen molar-refractivity contribution in [2.45, 2.75) is 37.6 Å². The predicted octanol–water partition coefficient (Wildman–Crippen LogP) is 1.25. The number of hydrogen-bond acceptors (Lipinski definition) is 11. The monoisotopic (exact) mass is 606 g/mol. The number of carbonyl (C=O) groups excluding carboxylic acids is 1. The van der Waals surface area contributed by atoms with E-state index in [2.05, 4.69) is 29.3 Å². The SMILES string of the molecule is NS(=O)(=O)OC[C@H]1C[C@@H](Nc2ncncc2C(=O)c2ccn(Cc3ccc(Cl)c(OC(F)(F)F)c3)n2)[C@H](O)[C@@H]1O. The van der Waals surface area contributed by atoms with E-state index in [1.807, 2.05) is 0 Å². The van der Waals surface area contributed by atoms with Gasteiger partial charge in [0, 0.05) is 18.3 Å². The zero-order valence-corrected chi connectivity index (χ0v) is 21.8. The number of aliphatic hydroxyl groups is 2. The van der Waals surface area contributed by atoms with Crippen LogP contribution in [-0.2, 0) is 21.0 Å². The Morgan fingerprint density at radius 3 is 2.70 bits per heavy atom. The topological polar surface area (TPSA) is 192 Å². The van der Waals surface area contributed by atoms with Gasteiger partial charge in [-0.25, -0.2) is 15.1 Å². The Labute approximate surface area is 230 Å². The lowest BCUT2D eigenvalue weighted by Gasteiger charge is -2.19. The van der Waals surface area contributed by atoms with E-state index < -0.39 is 59.0 Å². The number of nitrogens with one attached hydrogen (secondary N) is 1. The second-order valence-electron chi connectivity index (χ2n) is 8.83. The third-order valence-electron chi connectivity index (χ3n) is 5.97. The molecule has 2 heterocycles. The number of aromatic nitrogens is 4. The number of hydrogen-bond donors (Lipinski definition) is 4. The number of aliphatic hydroxyl groups excluding tert-OH is 2. The van der Waals surface area contributed by atoms with Gasteiger partial charge in [0.1, 0.15) is 29.7 Å². The second kappa shape index (κ2) is 11.6. The zero-order valence-electron chi connectivity index (χ0n) is 20.2. The Bertz CT molecular complexity index is 1490. The molecule has 13 nitrogen and oxygen atoms in total. The van der Waals surface area contributed by atoms with Gasteiger partial charge in [-0.2, -0.15) is 13.5 Å². The molecule has 0 spiro atoms. The standard InChI is InChI=1S/C22H22ClF3N6O7S/c23-14-2-1-11(5-17(14)39-22(24,25)26)8-32-4-3-15(31-32)19(34)13-7-28-10-29-21(13)30-16-6-12(18(33)20(16)35)9-38-40(27,36)37/h1-5,7,10,12,16,18,20,33,35H,6,8-9H2,(H2,27,36,37)(H,28,29,30)/t12-,16-,18-,20+/m1/s1. The van der Waals surface area contributed by atoms with Crippen LogP contribution in [-0.4, -0.2) is 75.4 Å². The predicted molar refractivity (Wildman–Crippen MR) is 132 cm³/mol. The van der Waals surface area contributed by atoms with Crippen LogP contribution in [0, 0.1) is 5.92 Å². The quantitative estimate of drug-likeness (QED) is 0.243. The molecule has 18 heteroatoms. The lowest BCUT2D eigenvalue weighted by molar-refractivity contribution is -0.274. The average Bonchev–Trinajstić information content (AvgIpc) is 3.43. The fourth-order valence-corrected chi connectivity index (χ4v) is 4.67. The molecule has 0 unspecified atom stereocenters. The van der Waals surface area contributed by atoms with Crippen LogP contribution in [0.5, 0.6) is 5.75 Å². The third kappa shape index (κ3) is 7.43. The summed E-state index contributed by atoms with van der Waals surface area (Å²) in [4.78, 5) is 21.1. The Kier molecular flexibility index (Phi) is 8.62. The maximum Gasteiger partial charge on any atom is 0.573 e. The van der Waals surface area contributed by atoms with Crippen LogP contribution < -0.4 is 15.2 Å². The molecule has 3 aromatic rings. The van der Waals surface area contributed by atoms with Crippen molar-refractivity contribution < 1.29 is 45.5 Å². The molecule has 1 saturated carbocycles. The van der Waals surface area contributed by atoms with E-state index in [-0.39, 0.29) is 35.1 Å². The Morgan fingerprint density at radius 2 is 2.00 bits per heavy atom. The molecule has 1 aliphatic carbocycles. The van der Waals surface area contributed by atoms with Crippen LogP contribution in [0.3, 0.4) is 0 Å². The minimum Gasteiger partial charge on any atom is -0.404 e. The summed E-state index contributed by atoms with van der Waals surface area (Å²) < 4.78 is 69.8. The summed E-state index contributed by atoms with van der Waals surface area (Å²) in [5, 5.41) is 32.4. The molecule has 4 atom stereocenters. The number of nitrogens with two attached hydrogens (primary N) is 1. The minimum absolute atomic E-state index is 0.0107. The largest absolute Gasteiger partial charge is 0.573 e. The Hall–Kier alpha value is -3.35. The number of benzene rings is 1.